The first-order valence-corrected chi connectivity index (χ1v) is 7.16. The zero-order chi connectivity index (χ0) is 14.8. The summed E-state index contributed by atoms with van der Waals surface area (Å²) in [6.07, 6.45) is 4.49. The van der Waals surface area contributed by atoms with E-state index in [2.05, 4.69) is 22.5 Å². The van der Waals surface area contributed by atoms with E-state index in [0.29, 0.717) is 6.54 Å². The summed E-state index contributed by atoms with van der Waals surface area (Å²) in [5.74, 6) is 0.133. The van der Waals surface area contributed by atoms with Gasteiger partial charge < -0.3 is 10.2 Å². The molecule has 1 amide bonds. The third-order valence-corrected chi connectivity index (χ3v) is 3.93. The van der Waals surface area contributed by atoms with Crippen molar-refractivity contribution in [2.45, 2.75) is 25.6 Å². The maximum atomic E-state index is 12.6. The summed E-state index contributed by atoms with van der Waals surface area (Å²) in [6.45, 7) is 1.35. The van der Waals surface area contributed by atoms with Gasteiger partial charge >= 0.3 is 0 Å². The van der Waals surface area contributed by atoms with Crippen LogP contribution in [-0.4, -0.2) is 33.7 Å². The lowest BCUT2D eigenvalue weighted by molar-refractivity contribution is -0.132. The second-order valence-electron chi connectivity index (χ2n) is 5.62. The Morgan fingerprint density at radius 3 is 2.90 bits per heavy atom. The summed E-state index contributed by atoms with van der Waals surface area (Å²) in [7, 11) is 3.72. The van der Waals surface area contributed by atoms with Crippen LogP contribution in [0.25, 0.3) is 0 Å². The van der Waals surface area contributed by atoms with Crippen molar-refractivity contribution in [3.05, 3.63) is 53.3 Å². The van der Waals surface area contributed by atoms with Gasteiger partial charge in [-0.15, -0.1) is 0 Å². The first-order valence-electron chi connectivity index (χ1n) is 7.16. The molecular formula is C16H20N4O. The van der Waals surface area contributed by atoms with Gasteiger partial charge in [-0.3, -0.25) is 9.48 Å². The van der Waals surface area contributed by atoms with E-state index in [1.807, 2.05) is 32.4 Å². The summed E-state index contributed by atoms with van der Waals surface area (Å²) in [5.41, 5.74) is 3.60. The van der Waals surface area contributed by atoms with E-state index >= 15 is 0 Å². The molecule has 1 aromatic heterocycles. The number of aryl methyl sites for hydroxylation is 1. The summed E-state index contributed by atoms with van der Waals surface area (Å²) < 4.78 is 1.75. The first kappa shape index (κ1) is 13.8. The molecule has 110 valence electrons. The topological polar surface area (TPSA) is 50.2 Å². The number of rotatable bonds is 3. The van der Waals surface area contributed by atoms with E-state index in [-0.39, 0.29) is 11.9 Å². The van der Waals surface area contributed by atoms with Gasteiger partial charge in [-0.25, -0.2) is 0 Å². The minimum atomic E-state index is -0.137. The van der Waals surface area contributed by atoms with Crippen LogP contribution in [0.4, 0.5) is 0 Å². The zero-order valence-corrected chi connectivity index (χ0v) is 12.4. The summed E-state index contributed by atoms with van der Waals surface area (Å²) in [6, 6.07) is 8.16. The molecule has 1 atom stereocenters. The Hall–Kier alpha value is -2.14. The number of carbonyl (C=O) groups excluding carboxylic acids is 1. The number of fused-ring (bicyclic) bond motifs is 1. The lowest BCUT2D eigenvalue weighted by Gasteiger charge is -2.28. The summed E-state index contributed by atoms with van der Waals surface area (Å²) in [5, 5.41) is 7.47. The molecule has 1 aliphatic heterocycles. The van der Waals surface area contributed by atoms with Gasteiger partial charge in [-0.2, -0.15) is 5.10 Å². The number of likely N-dealkylation sites (N-methyl/N-ethyl adjacent to an activating group) is 1. The number of aromatic nitrogens is 2. The Morgan fingerprint density at radius 1 is 1.43 bits per heavy atom. The van der Waals surface area contributed by atoms with Crippen molar-refractivity contribution in [3.8, 4) is 0 Å². The molecule has 0 bridgehead atoms. The van der Waals surface area contributed by atoms with E-state index in [0.717, 1.165) is 18.5 Å². The zero-order valence-electron chi connectivity index (χ0n) is 12.4. The average Bonchev–Trinajstić information content (AvgIpc) is 2.91. The molecule has 1 aliphatic rings. The third-order valence-electron chi connectivity index (χ3n) is 3.93. The number of hydrogen-bond donors (Lipinski definition) is 1. The van der Waals surface area contributed by atoms with Crippen molar-refractivity contribution >= 4 is 5.91 Å². The highest BCUT2D eigenvalue weighted by atomic mass is 16.2. The number of carbonyl (C=O) groups is 1. The molecule has 1 aromatic carbocycles. The normalized spacial score (nSPS) is 17.3. The Labute approximate surface area is 124 Å². The molecule has 2 heterocycles. The second kappa shape index (κ2) is 5.69. The minimum Gasteiger partial charge on any atom is -0.340 e. The van der Waals surface area contributed by atoms with E-state index in [9.17, 15) is 4.79 Å². The van der Waals surface area contributed by atoms with Gasteiger partial charge in [0.1, 0.15) is 0 Å². The molecule has 0 fully saturated rings. The lowest BCUT2D eigenvalue weighted by Crippen LogP contribution is -2.47. The van der Waals surface area contributed by atoms with Crippen LogP contribution in [0.3, 0.4) is 0 Å². The van der Waals surface area contributed by atoms with Crippen LogP contribution in [0, 0.1) is 0 Å². The SMILES string of the molecule is CN(Cc1cnn(C)c1)C(=O)[C@@H]1Cc2ccccc2CN1. The van der Waals surface area contributed by atoms with Crippen molar-refractivity contribution in [2.75, 3.05) is 7.05 Å². The molecule has 0 aliphatic carbocycles. The van der Waals surface area contributed by atoms with Crippen molar-refractivity contribution in [1.82, 2.24) is 20.0 Å². The van der Waals surface area contributed by atoms with E-state index in [1.165, 1.54) is 11.1 Å². The van der Waals surface area contributed by atoms with Crippen LogP contribution >= 0.6 is 0 Å². The van der Waals surface area contributed by atoms with Crippen molar-refractivity contribution < 1.29 is 4.79 Å². The molecule has 3 rings (SSSR count). The van der Waals surface area contributed by atoms with E-state index in [1.54, 1.807) is 15.8 Å². The predicted octanol–water partition coefficient (Wildman–Crippen LogP) is 1.09. The highest BCUT2D eigenvalue weighted by molar-refractivity contribution is 5.82. The molecule has 0 spiro atoms. The minimum absolute atomic E-state index is 0.133. The second-order valence-corrected chi connectivity index (χ2v) is 5.62. The van der Waals surface area contributed by atoms with Crippen LogP contribution in [-0.2, 0) is 31.4 Å². The van der Waals surface area contributed by atoms with E-state index < -0.39 is 0 Å². The van der Waals surface area contributed by atoms with Gasteiger partial charge in [0.15, 0.2) is 0 Å². The van der Waals surface area contributed by atoms with E-state index in [4.69, 9.17) is 0 Å². The van der Waals surface area contributed by atoms with Crippen LogP contribution in [0.1, 0.15) is 16.7 Å². The highest BCUT2D eigenvalue weighted by Gasteiger charge is 2.26. The monoisotopic (exact) mass is 284 g/mol. The lowest BCUT2D eigenvalue weighted by atomic mass is 9.95. The Kier molecular flexibility index (Phi) is 3.75. The number of nitrogens with zero attached hydrogens (tertiary/aromatic N) is 3. The molecule has 5 nitrogen and oxygen atoms in total. The fraction of sp³-hybridized carbons (Fsp3) is 0.375. The van der Waals surface area contributed by atoms with Gasteiger partial charge in [0.2, 0.25) is 5.91 Å². The molecule has 5 heteroatoms. The molecule has 0 saturated carbocycles. The maximum Gasteiger partial charge on any atom is 0.240 e. The Balaban J connectivity index is 1.66. The number of hydrogen-bond acceptors (Lipinski definition) is 3. The smallest absolute Gasteiger partial charge is 0.240 e. The van der Waals surface area contributed by atoms with Gasteiger partial charge in [-0.1, -0.05) is 24.3 Å². The quantitative estimate of drug-likeness (QED) is 0.918. The molecule has 0 radical (unpaired) electrons. The molecule has 0 saturated heterocycles. The maximum absolute atomic E-state index is 12.6. The van der Waals surface area contributed by atoms with Gasteiger partial charge in [0.05, 0.1) is 12.2 Å². The predicted molar refractivity (Wildman–Crippen MR) is 80.5 cm³/mol. The van der Waals surface area contributed by atoms with Crippen LogP contribution < -0.4 is 5.32 Å². The Morgan fingerprint density at radius 2 is 2.19 bits per heavy atom. The fourth-order valence-corrected chi connectivity index (χ4v) is 2.80. The molecule has 0 unspecified atom stereocenters. The van der Waals surface area contributed by atoms with Crippen LogP contribution in [0.5, 0.6) is 0 Å². The van der Waals surface area contributed by atoms with Gasteiger partial charge in [0.25, 0.3) is 0 Å². The largest absolute Gasteiger partial charge is 0.340 e. The van der Waals surface area contributed by atoms with Crippen molar-refractivity contribution in [2.24, 2.45) is 7.05 Å². The number of benzene rings is 1. The van der Waals surface area contributed by atoms with Gasteiger partial charge in [0, 0.05) is 38.9 Å². The molecule has 21 heavy (non-hydrogen) atoms. The first-order chi connectivity index (χ1) is 10.1. The molecule has 1 N–H and O–H groups in total. The molecule has 2 aromatic rings. The number of nitrogens with one attached hydrogen (secondary N) is 1. The van der Waals surface area contributed by atoms with Gasteiger partial charge in [-0.05, 0) is 17.5 Å². The summed E-state index contributed by atoms with van der Waals surface area (Å²) >= 11 is 0. The summed E-state index contributed by atoms with van der Waals surface area (Å²) in [4.78, 5) is 14.3. The van der Waals surface area contributed by atoms with Crippen LogP contribution in [0.15, 0.2) is 36.7 Å². The number of amides is 1. The third kappa shape index (κ3) is 2.97. The standard InChI is InChI=1S/C16H20N4O/c1-19(10-12-8-18-20(2)11-12)16(21)15-7-13-5-3-4-6-14(13)9-17-15/h3-6,8,11,15,17H,7,9-10H2,1-2H3/t15-/m0/s1. The molecular weight excluding hydrogens is 264 g/mol. The fourth-order valence-electron chi connectivity index (χ4n) is 2.80. The van der Waals surface area contributed by atoms with Crippen LogP contribution in [0.2, 0.25) is 0 Å². The van der Waals surface area contributed by atoms with Crippen molar-refractivity contribution in [3.63, 3.8) is 0 Å². The average molecular weight is 284 g/mol. The van der Waals surface area contributed by atoms with Crippen molar-refractivity contribution in [1.29, 1.82) is 0 Å². The Bertz CT molecular complexity index is 649. The highest BCUT2D eigenvalue weighted by Crippen LogP contribution is 2.17.